The Bertz CT molecular complexity index is 573. The summed E-state index contributed by atoms with van der Waals surface area (Å²) in [6.45, 7) is 7.86. The number of likely N-dealkylation sites (tertiary alicyclic amines) is 1. The molecule has 1 atom stereocenters. The van der Waals surface area contributed by atoms with Crippen LogP contribution in [0.3, 0.4) is 0 Å². The zero-order chi connectivity index (χ0) is 17.8. The summed E-state index contributed by atoms with van der Waals surface area (Å²) < 4.78 is 1.10. The third-order valence-electron chi connectivity index (χ3n) is 5.32. The predicted molar refractivity (Wildman–Crippen MR) is 107 cm³/mol. The number of carbonyl (C=O) groups excluding carboxylic acids is 1. The van der Waals surface area contributed by atoms with E-state index < -0.39 is 0 Å². The van der Waals surface area contributed by atoms with E-state index in [-0.39, 0.29) is 5.91 Å². The largest absolute Gasteiger partial charge is 0.340 e. The van der Waals surface area contributed by atoms with Gasteiger partial charge in [-0.3, -0.25) is 14.6 Å². The maximum absolute atomic E-state index is 12.5. The molecule has 0 aliphatic carbocycles. The van der Waals surface area contributed by atoms with Gasteiger partial charge in [0.05, 0.1) is 13.1 Å². The second-order valence-electron chi connectivity index (χ2n) is 7.35. The van der Waals surface area contributed by atoms with Crippen molar-refractivity contribution in [1.29, 1.82) is 0 Å². The van der Waals surface area contributed by atoms with Crippen LogP contribution >= 0.6 is 27.3 Å². The second kappa shape index (κ2) is 8.95. The van der Waals surface area contributed by atoms with Crippen LogP contribution in [0.15, 0.2) is 15.9 Å². The molecule has 7 heteroatoms. The Balaban J connectivity index is 1.41. The van der Waals surface area contributed by atoms with Crippen LogP contribution in [0.5, 0.6) is 0 Å². The van der Waals surface area contributed by atoms with Gasteiger partial charge in [-0.2, -0.15) is 0 Å². The number of piperidine rings is 1. The van der Waals surface area contributed by atoms with E-state index in [0.29, 0.717) is 19.1 Å². The van der Waals surface area contributed by atoms with Crippen LogP contribution in [-0.2, 0) is 11.3 Å². The van der Waals surface area contributed by atoms with Crippen LogP contribution in [-0.4, -0.2) is 91.5 Å². The molecular weight excluding hydrogens is 400 g/mol. The molecule has 0 radical (unpaired) electrons. The Hall–Kier alpha value is -0.470. The highest BCUT2D eigenvalue weighted by Gasteiger charge is 2.27. The minimum absolute atomic E-state index is 0.218. The number of likely N-dealkylation sites (N-methyl/N-ethyl adjacent to an activating group) is 2. The highest BCUT2D eigenvalue weighted by atomic mass is 79.9. The van der Waals surface area contributed by atoms with Crippen molar-refractivity contribution in [3.63, 3.8) is 0 Å². The first-order valence-electron chi connectivity index (χ1n) is 9.13. The molecule has 3 heterocycles. The van der Waals surface area contributed by atoms with Gasteiger partial charge >= 0.3 is 0 Å². The van der Waals surface area contributed by atoms with E-state index in [4.69, 9.17) is 0 Å². The van der Waals surface area contributed by atoms with Gasteiger partial charge in [0.2, 0.25) is 5.91 Å². The molecule has 2 saturated heterocycles. The molecule has 1 aromatic rings. The number of halogens is 1. The summed E-state index contributed by atoms with van der Waals surface area (Å²) in [6, 6.07) is 2.80. The first-order chi connectivity index (χ1) is 12.0. The maximum atomic E-state index is 12.5. The fourth-order valence-electron chi connectivity index (χ4n) is 3.79. The van der Waals surface area contributed by atoms with Crippen LogP contribution < -0.4 is 0 Å². The summed E-state index contributed by atoms with van der Waals surface area (Å²) in [5.41, 5.74) is 0. The normalized spacial score (nSPS) is 23.7. The summed E-state index contributed by atoms with van der Waals surface area (Å²) in [6.07, 6.45) is 2.63. The van der Waals surface area contributed by atoms with Crippen molar-refractivity contribution in [2.45, 2.75) is 25.4 Å². The van der Waals surface area contributed by atoms with E-state index in [1.807, 2.05) is 11.9 Å². The van der Waals surface area contributed by atoms with Crippen LogP contribution in [0.1, 0.15) is 17.7 Å². The average Bonchev–Trinajstić information content (AvgIpc) is 3.00. The molecule has 3 rings (SSSR count). The summed E-state index contributed by atoms with van der Waals surface area (Å²) in [5, 5.41) is 2.07. The fraction of sp³-hybridized carbons (Fsp3) is 0.722. The minimum atomic E-state index is 0.218. The molecule has 1 amide bonds. The first-order valence-corrected chi connectivity index (χ1v) is 10.8. The van der Waals surface area contributed by atoms with Crippen LogP contribution in [0.4, 0.5) is 0 Å². The van der Waals surface area contributed by atoms with Gasteiger partial charge in [0, 0.05) is 60.5 Å². The zero-order valence-electron chi connectivity index (χ0n) is 15.3. The van der Waals surface area contributed by atoms with Gasteiger partial charge in [0.15, 0.2) is 0 Å². The topological polar surface area (TPSA) is 30.0 Å². The van der Waals surface area contributed by atoms with Gasteiger partial charge in [-0.25, -0.2) is 0 Å². The molecule has 2 fully saturated rings. The molecule has 5 nitrogen and oxygen atoms in total. The van der Waals surface area contributed by atoms with Crippen molar-refractivity contribution >= 4 is 33.2 Å². The molecule has 0 N–H and O–H groups in total. The van der Waals surface area contributed by atoms with E-state index in [1.165, 1.54) is 30.8 Å². The lowest BCUT2D eigenvalue weighted by Gasteiger charge is -2.42. The lowest BCUT2D eigenvalue weighted by atomic mass is 10.0. The van der Waals surface area contributed by atoms with Crippen molar-refractivity contribution in [1.82, 2.24) is 19.6 Å². The molecule has 25 heavy (non-hydrogen) atoms. The van der Waals surface area contributed by atoms with Crippen molar-refractivity contribution < 1.29 is 4.79 Å². The number of piperazine rings is 1. The zero-order valence-corrected chi connectivity index (χ0v) is 17.7. The monoisotopic (exact) mass is 428 g/mol. The average molecular weight is 429 g/mol. The Morgan fingerprint density at radius 1 is 1.32 bits per heavy atom. The van der Waals surface area contributed by atoms with Gasteiger partial charge in [0.25, 0.3) is 0 Å². The molecule has 1 aromatic heterocycles. The van der Waals surface area contributed by atoms with E-state index in [1.54, 1.807) is 11.3 Å². The lowest BCUT2D eigenvalue weighted by molar-refractivity contribution is -0.132. The molecular formula is C18H29BrN4OS. The predicted octanol–water partition coefficient (Wildman–Crippen LogP) is 2.18. The van der Waals surface area contributed by atoms with Crippen LogP contribution in [0.2, 0.25) is 0 Å². The third kappa shape index (κ3) is 5.50. The minimum Gasteiger partial charge on any atom is -0.340 e. The van der Waals surface area contributed by atoms with Crippen molar-refractivity contribution in [3.05, 3.63) is 20.8 Å². The number of nitrogens with zero attached hydrogens (tertiary/aromatic N) is 4. The van der Waals surface area contributed by atoms with Crippen molar-refractivity contribution in [3.8, 4) is 0 Å². The maximum Gasteiger partial charge on any atom is 0.236 e. The van der Waals surface area contributed by atoms with Crippen LogP contribution in [0.25, 0.3) is 0 Å². The quantitative estimate of drug-likeness (QED) is 0.718. The standard InChI is InChI=1S/C18H29BrN4OS/c1-20-5-3-4-16(11-20)23-8-6-22(7-9-23)13-18(24)21(2)12-17-10-15(19)14-25-17/h10,14,16H,3-9,11-13H2,1-2H3. The second-order valence-corrected chi connectivity index (χ2v) is 9.26. The van der Waals surface area contributed by atoms with E-state index >= 15 is 0 Å². The molecule has 1 unspecified atom stereocenters. The Morgan fingerprint density at radius 3 is 2.72 bits per heavy atom. The molecule has 2 aliphatic heterocycles. The number of amides is 1. The fourth-order valence-corrected chi connectivity index (χ4v) is 5.30. The smallest absolute Gasteiger partial charge is 0.236 e. The highest BCUT2D eigenvalue weighted by Crippen LogP contribution is 2.21. The Morgan fingerprint density at radius 2 is 2.08 bits per heavy atom. The van der Waals surface area contributed by atoms with Gasteiger partial charge in [-0.15, -0.1) is 11.3 Å². The number of hydrogen-bond acceptors (Lipinski definition) is 5. The summed E-state index contributed by atoms with van der Waals surface area (Å²) in [7, 11) is 4.13. The van der Waals surface area contributed by atoms with E-state index in [2.05, 4.69) is 49.1 Å². The Kier molecular flexibility index (Phi) is 6.91. The summed E-state index contributed by atoms with van der Waals surface area (Å²) in [4.78, 5) is 23.0. The van der Waals surface area contributed by atoms with Crippen molar-refractivity contribution in [2.75, 3.05) is 59.9 Å². The molecule has 0 bridgehead atoms. The van der Waals surface area contributed by atoms with E-state index in [0.717, 1.165) is 30.7 Å². The van der Waals surface area contributed by atoms with Crippen molar-refractivity contribution in [2.24, 2.45) is 0 Å². The van der Waals surface area contributed by atoms with E-state index in [9.17, 15) is 4.79 Å². The number of thiophene rings is 1. The lowest BCUT2D eigenvalue weighted by Crippen LogP contribution is -2.55. The van der Waals surface area contributed by atoms with Gasteiger partial charge < -0.3 is 9.80 Å². The van der Waals surface area contributed by atoms with Gasteiger partial charge in [-0.1, -0.05) is 0 Å². The number of rotatable bonds is 5. The van der Waals surface area contributed by atoms with Crippen LogP contribution in [0, 0.1) is 0 Å². The molecule has 0 spiro atoms. The summed E-state index contributed by atoms with van der Waals surface area (Å²) in [5.74, 6) is 0.218. The molecule has 0 aromatic carbocycles. The molecule has 140 valence electrons. The number of carbonyl (C=O) groups is 1. The Labute approximate surface area is 163 Å². The molecule has 2 aliphatic rings. The van der Waals surface area contributed by atoms with Gasteiger partial charge in [0.1, 0.15) is 0 Å². The third-order valence-corrected chi connectivity index (χ3v) is 7.00. The SMILES string of the molecule is CN1CCCC(N2CCN(CC(=O)N(C)Cc3cc(Br)cs3)CC2)C1. The number of hydrogen-bond donors (Lipinski definition) is 0. The first kappa shape index (κ1) is 19.3. The highest BCUT2D eigenvalue weighted by molar-refractivity contribution is 9.10. The molecule has 0 saturated carbocycles. The summed E-state index contributed by atoms with van der Waals surface area (Å²) >= 11 is 5.16. The van der Waals surface area contributed by atoms with Gasteiger partial charge in [-0.05, 0) is 48.4 Å².